The number of fused-ring (bicyclic) bond motifs is 1. The number of methoxy groups -OCH3 is 2. The molecule has 1 saturated heterocycles. The quantitative estimate of drug-likeness (QED) is 0.527. The summed E-state index contributed by atoms with van der Waals surface area (Å²) in [4.78, 5) is 26.9. The van der Waals surface area contributed by atoms with E-state index in [2.05, 4.69) is 10.4 Å². The molecule has 8 nitrogen and oxygen atoms in total. The van der Waals surface area contributed by atoms with Gasteiger partial charge in [0.05, 0.1) is 30.2 Å². The molecule has 32 heavy (non-hydrogen) atoms. The second kappa shape index (κ2) is 9.58. The highest BCUT2D eigenvalue weighted by molar-refractivity contribution is 6.30. The van der Waals surface area contributed by atoms with Crippen molar-refractivity contribution in [2.75, 3.05) is 40.5 Å². The van der Waals surface area contributed by atoms with Crippen LogP contribution < -0.4 is 10.1 Å². The van der Waals surface area contributed by atoms with Crippen LogP contribution in [0.4, 0.5) is 0 Å². The van der Waals surface area contributed by atoms with Crippen molar-refractivity contribution in [2.24, 2.45) is 5.92 Å². The van der Waals surface area contributed by atoms with Gasteiger partial charge >= 0.3 is 0 Å². The molecule has 2 amide bonds. The predicted octanol–water partition coefficient (Wildman–Crippen LogP) is 2.85. The number of amides is 2. The summed E-state index contributed by atoms with van der Waals surface area (Å²) >= 11 is 5.90. The van der Waals surface area contributed by atoms with Crippen molar-refractivity contribution in [2.45, 2.75) is 6.54 Å². The molecule has 2 heterocycles. The highest BCUT2D eigenvalue weighted by atomic mass is 35.5. The van der Waals surface area contributed by atoms with Gasteiger partial charge in [-0.25, -0.2) is 0 Å². The normalized spacial score (nSPS) is 13.8. The summed E-state index contributed by atoms with van der Waals surface area (Å²) in [5.41, 5.74) is 1.85. The molecule has 0 radical (unpaired) electrons. The van der Waals surface area contributed by atoms with Crippen LogP contribution in [0, 0.1) is 5.92 Å². The third-order valence-electron chi connectivity index (χ3n) is 5.51. The van der Waals surface area contributed by atoms with Crippen LogP contribution in [0.2, 0.25) is 5.02 Å². The smallest absolute Gasteiger partial charge is 0.255 e. The van der Waals surface area contributed by atoms with Crippen molar-refractivity contribution in [3.63, 3.8) is 0 Å². The Morgan fingerprint density at radius 1 is 1.16 bits per heavy atom. The number of aromatic nitrogens is 2. The molecule has 3 aromatic rings. The second-order valence-corrected chi connectivity index (χ2v) is 8.20. The molecule has 1 aliphatic heterocycles. The molecule has 1 aliphatic rings. The topological polar surface area (TPSA) is 85.7 Å². The van der Waals surface area contributed by atoms with Gasteiger partial charge in [-0.1, -0.05) is 11.6 Å². The minimum absolute atomic E-state index is 0.00865. The van der Waals surface area contributed by atoms with Crippen molar-refractivity contribution < 1.29 is 19.1 Å². The maximum atomic E-state index is 12.6. The number of benzene rings is 2. The molecular formula is C23H25ClN4O4. The fourth-order valence-corrected chi connectivity index (χ4v) is 3.99. The Hall–Kier alpha value is -3.10. The molecule has 1 N–H and O–H groups in total. The molecule has 1 fully saturated rings. The van der Waals surface area contributed by atoms with E-state index < -0.39 is 0 Å². The van der Waals surface area contributed by atoms with E-state index in [1.54, 1.807) is 44.6 Å². The molecule has 0 unspecified atom stereocenters. The lowest BCUT2D eigenvalue weighted by molar-refractivity contribution is 0.0462. The van der Waals surface area contributed by atoms with E-state index in [1.807, 2.05) is 21.8 Å². The van der Waals surface area contributed by atoms with Crippen molar-refractivity contribution in [3.05, 3.63) is 58.7 Å². The number of nitrogens with zero attached hydrogens (tertiary/aromatic N) is 3. The van der Waals surface area contributed by atoms with Gasteiger partial charge in [0.2, 0.25) is 0 Å². The first-order valence-corrected chi connectivity index (χ1v) is 10.7. The lowest BCUT2D eigenvalue weighted by Crippen LogP contribution is -2.51. The molecule has 0 aliphatic carbocycles. The molecule has 9 heteroatoms. The van der Waals surface area contributed by atoms with Crippen LogP contribution in [-0.4, -0.2) is 67.0 Å². The first-order chi connectivity index (χ1) is 15.5. The van der Waals surface area contributed by atoms with Gasteiger partial charge in [-0.2, -0.15) is 5.10 Å². The SMILES string of the molecule is COCCNC(=O)c1ccc2nn(CC3CN(C(=O)c4ccc(Cl)cc4)C3)cc2c1OC. The number of nitrogens with one attached hydrogen (secondary N) is 1. The molecule has 0 atom stereocenters. The lowest BCUT2D eigenvalue weighted by Gasteiger charge is -2.39. The zero-order valence-corrected chi connectivity index (χ0v) is 18.8. The first-order valence-electron chi connectivity index (χ1n) is 10.4. The summed E-state index contributed by atoms with van der Waals surface area (Å²) in [6.45, 7) is 2.87. The number of ether oxygens (including phenoxy) is 2. The van der Waals surface area contributed by atoms with E-state index in [9.17, 15) is 9.59 Å². The maximum Gasteiger partial charge on any atom is 0.255 e. The van der Waals surface area contributed by atoms with Crippen molar-refractivity contribution in [3.8, 4) is 5.75 Å². The predicted molar refractivity (Wildman–Crippen MR) is 121 cm³/mol. The molecule has 0 bridgehead atoms. The first kappa shape index (κ1) is 22.1. The summed E-state index contributed by atoms with van der Waals surface area (Å²) in [6, 6.07) is 10.5. The summed E-state index contributed by atoms with van der Waals surface area (Å²) in [7, 11) is 3.13. The van der Waals surface area contributed by atoms with Crippen LogP contribution in [0.1, 0.15) is 20.7 Å². The zero-order chi connectivity index (χ0) is 22.7. The Bertz CT molecular complexity index is 1120. The highest BCUT2D eigenvalue weighted by Crippen LogP contribution is 2.30. The van der Waals surface area contributed by atoms with Crippen LogP contribution in [-0.2, 0) is 11.3 Å². The second-order valence-electron chi connectivity index (χ2n) is 7.76. The van der Waals surface area contributed by atoms with Crippen LogP contribution in [0.15, 0.2) is 42.6 Å². The number of hydrogen-bond donors (Lipinski definition) is 1. The van der Waals surface area contributed by atoms with Crippen LogP contribution in [0.25, 0.3) is 10.9 Å². The van der Waals surface area contributed by atoms with Gasteiger partial charge in [-0.05, 0) is 36.4 Å². The Balaban J connectivity index is 1.42. The average Bonchev–Trinajstić information content (AvgIpc) is 3.18. The molecule has 168 valence electrons. The third-order valence-corrected chi connectivity index (χ3v) is 5.76. The Morgan fingerprint density at radius 2 is 1.91 bits per heavy atom. The number of carbonyl (C=O) groups excluding carboxylic acids is 2. The maximum absolute atomic E-state index is 12.6. The van der Waals surface area contributed by atoms with Crippen molar-refractivity contribution in [1.82, 2.24) is 20.0 Å². The third kappa shape index (κ3) is 4.56. The number of likely N-dealkylation sites (tertiary alicyclic amines) is 1. The van der Waals surface area contributed by atoms with Gasteiger partial charge in [0.1, 0.15) is 5.75 Å². The van der Waals surface area contributed by atoms with Gasteiger partial charge < -0.3 is 19.7 Å². The number of hydrogen-bond acceptors (Lipinski definition) is 5. The summed E-state index contributed by atoms with van der Waals surface area (Å²) < 4.78 is 12.4. The van der Waals surface area contributed by atoms with E-state index in [4.69, 9.17) is 21.1 Å². The molecular weight excluding hydrogens is 432 g/mol. The minimum Gasteiger partial charge on any atom is -0.495 e. The molecule has 0 saturated carbocycles. The Labute approximate surface area is 191 Å². The summed E-state index contributed by atoms with van der Waals surface area (Å²) in [6.07, 6.45) is 1.89. The number of rotatable bonds is 8. The Kier molecular flexibility index (Phi) is 6.62. The molecule has 0 spiro atoms. The van der Waals surface area contributed by atoms with E-state index in [0.29, 0.717) is 60.6 Å². The summed E-state index contributed by atoms with van der Waals surface area (Å²) in [5.74, 6) is 0.596. The lowest BCUT2D eigenvalue weighted by atomic mass is 9.99. The Morgan fingerprint density at radius 3 is 2.59 bits per heavy atom. The van der Waals surface area contributed by atoms with Gasteiger partial charge in [0, 0.05) is 56.0 Å². The van der Waals surface area contributed by atoms with E-state index in [0.717, 1.165) is 10.9 Å². The van der Waals surface area contributed by atoms with Gasteiger partial charge in [0.15, 0.2) is 0 Å². The van der Waals surface area contributed by atoms with Crippen LogP contribution in [0.3, 0.4) is 0 Å². The van der Waals surface area contributed by atoms with E-state index in [1.165, 1.54) is 0 Å². The average molecular weight is 457 g/mol. The fourth-order valence-electron chi connectivity index (χ4n) is 3.86. The minimum atomic E-state index is -0.219. The number of halogens is 1. The van der Waals surface area contributed by atoms with Crippen molar-refractivity contribution >= 4 is 34.3 Å². The van der Waals surface area contributed by atoms with Crippen LogP contribution in [0.5, 0.6) is 5.75 Å². The van der Waals surface area contributed by atoms with Gasteiger partial charge in [-0.15, -0.1) is 0 Å². The number of carbonyl (C=O) groups is 2. The van der Waals surface area contributed by atoms with E-state index >= 15 is 0 Å². The van der Waals surface area contributed by atoms with Gasteiger partial charge in [-0.3, -0.25) is 14.3 Å². The monoisotopic (exact) mass is 456 g/mol. The van der Waals surface area contributed by atoms with Gasteiger partial charge in [0.25, 0.3) is 11.8 Å². The molecule has 2 aromatic carbocycles. The molecule has 1 aromatic heterocycles. The van der Waals surface area contributed by atoms with Crippen LogP contribution >= 0.6 is 11.6 Å². The summed E-state index contributed by atoms with van der Waals surface area (Å²) in [5, 5.41) is 8.83. The molecule has 4 rings (SSSR count). The van der Waals surface area contributed by atoms with E-state index in [-0.39, 0.29) is 11.8 Å². The largest absolute Gasteiger partial charge is 0.495 e. The standard InChI is InChI=1S/C23H25ClN4O4/c1-31-10-9-25-22(29)18-7-8-20-19(21(18)32-2)14-28(26-20)13-15-11-27(12-15)23(30)16-3-5-17(24)6-4-16/h3-8,14-15H,9-13H2,1-2H3,(H,25,29). The zero-order valence-electron chi connectivity index (χ0n) is 18.0. The van der Waals surface area contributed by atoms with Crippen molar-refractivity contribution in [1.29, 1.82) is 0 Å². The fraction of sp³-hybridized carbons (Fsp3) is 0.348. The highest BCUT2D eigenvalue weighted by Gasteiger charge is 2.31.